The van der Waals surface area contributed by atoms with Gasteiger partial charge in [0.2, 0.25) is 5.78 Å². The molecule has 0 bridgehead atoms. The van der Waals surface area contributed by atoms with Gasteiger partial charge in [-0.3, -0.25) is 4.79 Å². The van der Waals surface area contributed by atoms with Gasteiger partial charge in [0.1, 0.15) is 17.2 Å². The SMILES string of the molecule is COc1ccc(/C(C)=N/N=C(C(=O)c2ccccc2)c2ccccc2)c(O)c1. The van der Waals surface area contributed by atoms with Crippen LogP contribution in [0.4, 0.5) is 0 Å². The van der Waals surface area contributed by atoms with Crippen LogP contribution in [0.2, 0.25) is 0 Å². The largest absolute Gasteiger partial charge is 0.507 e. The molecule has 0 aliphatic rings. The average molecular weight is 372 g/mol. The Morgan fingerprint density at radius 1 is 0.857 bits per heavy atom. The third-order valence-corrected chi connectivity index (χ3v) is 4.19. The van der Waals surface area contributed by atoms with Crippen LogP contribution < -0.4 is 4.74 Å². The molecule has 3 aromatic rings. The van der Waals surface area contributed by atoms with E-state index in [0.29, 0.717) is 28.2 Å². The lowest BCUT2D eigenvalue weighted by molar-refractivity contribution is 0.106. The lowest BCUT2D eigenvalue weighted by Gasteiger charge is -2.07. The number of ether oxygens (including phenoxy) is 1. The maximum absolute atomic E-state index is 13.0. The van der Waals surface area contributed by atoms with Crippen molar-refractivity contribution in [1.29, 1.82) is 0 Å². The van der Waals surface area contributed by atoms with E-state index in [0.717, 1.165) is 0 Å². The van der Waals surface area contributed by atoms with E-state index in [2.05, 4.69) is 10.2 Å². The Kier molecular flexibility index (Phi) is 5.97. The van der Waals surface area contributed by atoms with Crippen LogP contribution in [-0.2, 0) is 0 Å². The number of aromatic hydroxyl groups is 1. The molecule has 0 fully saturated rings. The van der Waals surface area contributed by atoms with Gasteiger partial charge < -0.3 is 9.84 Å². The summed E-state index contributed by atoms with van der Waals surface area (Å²) in [5.74, 6) is 0.357. The molecule has 0 saturated heterocycles. The number of carbonyl (C=O) groups excluding carboxylic acids is 1. The van der Waals surface area contributed by atoms with E-state index in [4.69, 9.17) is 4.74 Å². The molecule has 0 saturated carbocycles. The highest BCUT2D eigenvalue weighted by Gasteiger charge is 2.16. The van der Waals surface area contributed by atoms with Crippen molar-refractivity contribution in [3.05, 3.63) is 95.6 Å². The highest BCUT2D eigenvalue weighted by atomic mass is 16.5. The monoisotopic (exact) mass is 372 g/mol. The quantitative estimate of drug-likeness (QED) is 0.393. The normalized spacial score (nSPS) is 11.9. The summed E-state index contributed by atoms with van der Waals surface area (Å²) in [4.78, 5) is 13.0. The standard InChI is InChI=1S/C23H20N2O3/c1-16(20-14-13-19(28-2)15-21(20)26)24-25-22(17-9-5-3-6-10-17)23(27)18-11-7-4-8-12-18/h3-15,26H,1-2H3/b24-16+,25-22?. The van der Waals surface area contributed by atoms with Crippen molar-refractivity contribution in [2.24, 2.45) is 10.2 Å². The molecule has 3 rings (SSSR count). The van der Waals surface area contributed by atoms with Crippen LogP contribution in [0, 0.1) is 0 Å². The number of rotatable bonds is 6. The van der Waals surface area contributed by atoms with Gasteiger partial charge >= 0.3 is 0 Å². The van der Waals surface area contributed by atoms with E-state index in [1.165, 1.54) is 13.2 Å². The molecule has 0 amide bonds. The van der Waals surface area contributed by atoms with Crippen LogP contribution in [0.5, 0.6) is 11.5 Å². The van der Waals surface area contributed by atoms with Crippen LogP contribution in [0.3, 0.4) is 0 Å². The van der Waals surface area contributed by atoms with Crippen LogP contribution in [0.1, 0.15) is 28.4 Å². The second-order valence-electron chi connectivity index (χ2n) is 6.08. The van der Waals surface area contributed by atoms with Crippen molar-refractivity contribution in [3.8, 4) is 11.5 Å². The Bertz CT molecular complexity index is 1030. The molecule has 3 aromatic carbocycles. The number of nitrogens with zero attached hydrogens (tertiary/aromatic N) is 2. The molecule has 140 valence electrons. The number of phenols is 1. The Morgan fingerprint density at radius 3 is 2.04 bits per heavy atom. The fraction of sp³-hybridized carbons (Fsp3) is 0.0870. The Balaban J connectivity index is 2.02. The van der Waals surface area contributed by atoms with Gasteiger partial charge in [0, 0.05) is 22.8 Å². The van der Waals surface area contributed by atoms with Crippen molar-refractivity contribution in [2.75, 3.05) is 7.11 Å². The number of carbonyl (C=O) groups is 1. The summed E-state index contributed by atoms with van der Waals surface area (Å²) >= 11 is 0. The molecular weight excluding hydrogens is 352 g/mol. The zero-order valence-corrected chi connectivity index (χ0v) is 15.7. The minimum Gasteiger partial charge on any atom is -0.507 e. The number of benzene rings is 3. The van der Waals surface area contributed by atoms with Gasteiger partial charge in [-0.1, -0.05) is 60.7 Å². The van der Waals surface area contributed by atoms with Crippen LogP contribution in [0.25, 0.3) is 0 Å². The highest BCUT2D eigenvalue weighted by Crippen LogP contribution is 2.24. The van der Waals surface area contributed by atoms with Gasteiger partial charge in [0.15, 0.2) is 0 Å². The molecule has 28 heavy (non-hydrogen) atoms. The van der Waals surface area contributed by atoms with Crippen LogP contribution in [0.15, 0.2) is 89.1 Å². The van der Waals surface area contributed by atoms with E-state index in [1.807, 2.05) is 36.4 Å². The summed E-state index contributed by atoms with van der Waals surface area (Å²) in [6.45, 7) is 1.72. The summed E-state index contributed by atoms with van der Waals surface area (Å²) in [5, 5.41) is 18.6. The maximum Gasteiger partial charge on any atom is 0.213 e. The summed E-state index contributed by atoms with van der Waals surface area (Å²) in [7, 11) is 1.53. The summed E-state index contributed by atoms with van der Waals surface area (Å²) < 4.78 is 5.09. The minimum atomic E-state index is -0.220. The second-order valence-corrected chi connectivity index (χ2v) is 6.08. The van der Waals surface area contributed by atoms with Crippen molar-refractivity contribution < 1.29 is 14.6 Å². The molecule has 0 heterocycles. The van der Waals surface area contributed by atoms with E-state index < -0.39 is 0 Å². The third-order valence-electron chi connectivity index (χ3n) is 4.19. The minimum absolute atomic E-state index is 0.0337. The molecule has 0 aliphatic carbocycles. The highest BCUT2D eigenvalue weighted by molar-refractivity contribution is 6.51. The Hall–Kier alpha value is -3.73. The Labute approximate surface area is 163 Å². The van der Waals surface area contributed by atoms with Gasteiger partial charge in [-0.15, -0.1) is 5.10 Å². The molecule has 1 N–H and O–H groups in total. The molecule has 0 aliphatic heterocycles. The molecule has 0 radical (unpaired) electrons. The number of hydrogen-bond donors (Lipinski definition) is 1. The van der Waals surface area contributed by atoms with E-state index >= 15 is 0 Å². The number of phenolic OH excluding ortho intramolecular Hbond substituents is 1. The molecular formula is C23H20N2O3. The number of hydrogen-bond acceptors (Lipinski definition) is 5. The van der Waals surface area contributed by atoms with Crippen LogP contribution in [-0.4, -0.2) is 29.4 Å². The molecule has 0 aromatic heterocycles. The first-order valence-electron chi connectivity index (χ1n) is 8.75. The first-order valence-corrected chi connectivity index (χ1v) is 8.75. The van der Waals surface area contributed by atoms with Crippen LogP contribution >= 0.6 is 0 Å². The predicted octanol–water partition coefficient (Wildman–Crippen LogP) is 4.50. The number of Topliss-reactive ketones (excluding diaryl/α,β-unsaturated/α-hetero) is 1. The summed E-state index contributed by atoms with van der Waals surface area (Å²) in [5.41, 5.74) is 2.44. The average Bonchev–Trinajstić information content (AvgIpc) is 2.74. The maximum atomic E-state index is 13.0. The fourth-order valence-electron chi connectivity index (χ4n) is 2.68. The van der Waals surface area contributed by atoms with Crippen molar-refractivity contribution in [1.82, 2.24) is 0 Å². The van der Waals surface area contributed by atoms with Crippen molar-refractivity contribution >= 4 is 17.2 Å². The molecule has 5 heteroatoms. The molecule has 0 atom stereocenters. The van der Waals surface area contributed by atoms with Gasteiger partial charge in [-0.2, -0.15) is 5.10 Å². The first-order chi connectivity index (χ1) is 13.6. The Morgan fingerprint density at radius 2 is 1.46 bits per heavy atom. The summed E-state index contributed by atoms with van der Waals surface area (Å²) in [6, 6.07) is 23.1. The van der Waals surface area contributed by atoms with E-state index in [-0.39, 0.29) is 17.2 Å². The van der Waals surface area contributed by atoms with E-state index in [9.17, 15) is 9.90 Å². The zero-order chi connectivity index (χ0) is 19.9. The number of ketones is 1. The smallest absolute Gasteiger partial charge is 0.213 e. The lowest BCUT2D eigenvalue weighted by atomic mass is 10.0. The molecule has 0 spiro atoms. The van der Waals surface area contributed by atoms with Crippen molar-refractivity contribution in [3.63, 3.8) is 0 Å². The predicted molar refractivity (Wildman–Crippen MR) is 111 cm³/mol. The topological polar surface area (TPSA) is 71.2 Å². The zero-order valence-electron chi connectivity index (χ0n) is 15.7. The fourth-order valence-corrected chi connectivity index (χ4v) is 2.68. The van der Waals surface area contributed by atoms with Crippen molar-refractivity contribution in [2.45, 2.75) is 6.92 Å². The second kappa shape index (κ2) is 8.77. The number of methoxy groups -OCH3 is 1. The van der Waals surface area contributed by atoms with Gasteiger partial charge in [0.05, 0.1) is 12.8 Å². The third kappa shape index (κ3) is 4.32. The van der Waals surface area contributed by atoms with E-state index in [1.54, 1.807) is 43.3 Å². The van der Waals surface area contributed by atoms with Gasteiger partial charge in [0.25, 0.3) is 0 Å². The summed E-state index contributed by atoms with van der Waals surface area (Å²) in [6.07, 6.45) is 0. The lowest BCUT2D eigenvalue weighted by Crippen LogP contribution is -2.15. The van der Waals surface area contributed by atoms with Gasteiger partial charge in [-0.05, 0) is 19.1 Å². The first kappa shape index (κ1) is 19.0. The molecule has 0 unspecified atom stereocenters. The van der Waals surface area contributed by atoms with Gasteiger partial charge in [-0.25, -0.2) is 0 Å². The molecule has 5 nitrogen and oxygen atoms in total.